The number of aliphatic carboxylic acids is 1. The van der Waals surface area contributed by atoms with Crippen LogP contribution in [0.15, 0.2) is 0 Å². The lowest BCUT2D eigenvalue weighted by Crippen LogP contribution is -2.47. The molecule has 0 saturated heterocycles. The summed E-state index contributed by atoms with van der Waals surface area (Å²) in [7, 11) is 1.56. The Morgan fingerprint density at radius 3 is 2.45 bits per heavy atom. The topological polar surface area (TPSA) is 90.5 Å². The molecule has 0 aromatic heterocycles. The Labute approximate surface area is 133 Å². The van der Waals surface area contributed by atoms with Gasteiger partial charge in [0.1, 0.15) is 6.04 Å². The Kier molecular flexibility index (Phi) is 7.65. The van der Waals surface area contributed by atoms with E-state index in [-0.39, 0.29) is 12.6 Å². The van der Waals surface area contributed by atoms with E-state index in [1.807, 2.05) is 0 Å². The molecule has 0 heterocycles. The van der Waals surface area contributed by atoms with Gasteiger partial charge in [0.2, 0.25) is 0 Å². The first-order valence-corrected chi connectivity index (χ1v) is 8.25. The average Bonchev–Trinajstić information content (AvgIpc) is 2.75. The second-order valence-electron chi connectivity index (χ2n) is 6.97. The lowest BCUT2D eigenvalue weighted by atomic mass is 9.95. The monoisotopic (exact) mass is 313 g/mol. The zero-order chi connectivity index (χ0) is 16.7. The molecule has 128 valence electrons. The van der Waals surface area contributed by atoms with Crippen molar-refractivity contribution < 1.29 is 14.7 Å². The van der Waals surface area contributed by atoms with Crippen LogP contribution in [-0.2, 0) is 4.79 Å². The first kappa shape index (κ1) is 18.7. The number of hydrogen-bond acceptors (Lipinski definition) is 3. The molecule has 1 aliphatic carbocycles. The van der Waals surface area contributed by atoms with Gasteiger partial charge in [-0.15, -0.1) is 0 Å². The largest absolute Gasteiger partial charge is 0.480 e. The van der Waals surface area contributed by atoms with Gasteiger partial charge in [-0.25, -0.2) is 4.79 Å². The first-order chi connectivity index (χ1) is 10.3. The van der Waals surface area contributed by atoms with Crippen molar-refractivity contribution in [3.63, 3.8) is 0 Å². The molecule has 2 amide bonds. The van der Waals surface area contributed by atoms with E-state index >= 15 is 0 Å². The van der Waals surface area contributed by atoms with Crippen molar-refractivity contribution in [1.29, 1.82) is 0 Å². The van der Waals surface area contributed by atoms with E-state index in [0.717, 1.165) is 11.8 Å². The van der Waals surface area contributed by atoms with Crippen LogP contribution in [0, 0.1) is 23.7 Å². The smallest absolute Gasteiger partial charge is 0.322 e. The number of carboxylic acid groups (broad SMARTS) is 1. The highest BCUT2D eigenvalue weighted by molar-refractivity contribution is 5.77. The zero-order valence-corrected chi connectivity index (χ0v) is 14.2. The number of hydrogen-bond donors (Lipinski definition) is 4. The minimum Gasteiger partial charge on any atom is -0.480 e. The molecule has 6 nitrogen and oxygen atoms in total. The van der Waals surface area contributed by atoms with Gasteiger partial charge in [-0.3, -0.25) is 4.79 Å². The molecule has 0 radical (unpaired) electrons. The zero-order valence-electron chi connectivity index (χ0n) is 14.2. The Bertz CT molecular complexity index is 374. The van der Waals surface area contributed by atoms with Gasteiger partial charge in [0.15, 0.2) is 0 Å². The Morgan fingerprint density at radius 1 is 1.23 bits per heavy atom. The molecule has 22 heavy (non-hydrogen) atoms. The minimum absolute atomic E-state index is 0.0772. The highest BCUT2D eigenvalue weighted by Gasteiger charge is 2.31. The summed E-state index contributed by atoms with van der Waals surface area (Å²) in [5.41, 5.74) is 0. The van der Waals surface area contributed by atoms with Crippen molar-refractivity contribution in [2.24, 2.45) is 23.7 Å². The second kappa shape index (κ2) is 8.98. The molecule has 4 atom stereocenters. The minimum atomic E-state index is -0.969. The number of carbonyl (C=O) groups is 2. The summed E-state index contributed by atoms with van der Waals surface area (Å²) >= 11 is 0. The lowest BCUT2D eigenvalue weighted by molar-refractivity contribution is -0.139. The molecule has 0 spiro atoms. The predicted molar refractivity (Wildman–Crippen MR) is 86.7 cm³/mol. The molecule has 1 rings (SSSR count). The number of carboxylic acids is 1. The standard InChI is InChI=1S/C16H31N3O3/c1-10(2)5-12-6-11(3)13(7-12)8-18-16(22)19-9-14(17-4)15(20)21/h10-14,17H,5-9H2,1-4H3,(H,20,21)(H2,18,19,22). The van der Waals surface area contributed by atoms with Gasteiger partial charge >= 0.3 is 12.0 Å². The van der Waals surface area contributed by atoms with Crippen molar-refractivity contribution in [2.45, 2.75) is 46.1 Å². The van der Waals surface area contributed by atoms with Crippen LogP contribution in [-0.4, -0.2) is 43.3 Å². The maximum absolute atomic E-state index is 11.8. The number of carbonyl (C=O) groups excluding carboxylic acids is 1. The summed E-state index contributed by atoms with van der Waals surface area (Å²) in [5, 5.41) is 17.0. The van der Waals surface area contributed by atoms with E-state index < -0.39 is 12.0 Å². The van der Waals surface area contributed by atoms with Crippen LogP contribution in [0.2, 0.25) is 0 Å². The van der Waals surface area contributed by atoms with E-state index in [2.05, 4.69) is 36.7 Å². The Morgan fingerprint density at radius 2 is 1.91 bits per heavy atom. The summed E-state index contributed by atoms with van der Waals surface area (Å²) in [5.74, 6) is 1.68. The van der Waals surface area contributed by atoms with Crippen LogP contribution >= 0.6 is 0 Å². The van der Waals surface area contributed by atoms with Crippen LogP contribution in [0.4, 0.5) is 4.79 Å². The van der Waals surface area contributed by atoms with Gasteiger partial charge in [-0.05, 0) is 50.0 Å². The van der Waals surface area contributed by atoms with Crippen LogP contribution in [0.25, 0.3) is 0 Å². The van der Waals surface area contributed by atoms with Crippen molar-refractivity contribution in [2.75, 3.05) is 20.1 Å². The molecule has 6 heteroatoms. The quantitative estimate of drug-likeness (QED) is 0.548. The molecule has 1 saturated carbocycles. The molecule has 0 aromatic rings. The van der Waals surface area contributed by atoms with Crippen LogP contribution in [0.5, 0.6) is 0 Å². The third kappa shape index (κ3) is 6.22. The van der Waals surface area contributed by atoms with Gasteiger partial charge < -0.3 is 21.1 Å². The maximum Gasteiger partial charge on any atom is 0.322 e. The number of amides is 2. The molecular weight excluding hydrogens is 282 g/mol. The van der Waals surface area contributed by atoms with Gasteiger partial charge in [-0.1, -0.05) is 20.8 Å². The van der Waals surface area contributed by atoms with E-state index in [9.17, 15) is 9.59 Å². The summed E-state index contributed by atoms with van der Waals surface area (Å²) < 4.78 is 0. The fourth-order valence-corrected chi connectivity index (χ4v) is 3.41. The van der Waals surface area contributed by atoms with Gasteiger partial charge in [-0.2, -0.15) is 0 Å². The van der Waals surface area contributed by atoms with E-state index in [0.29, 0.717) is 18.4 Å². The average molecular weight is 313 g/mol. The maximum atomic E-state index is 11.8. The second-order valence-corrected chi connectivity index (χ2v) is 6.97. The van der Waals surface area contributed by atoms with Gasteiger partial charge in [0, 0.05) is 13.1 Å². The summed E-state index contributed by atoms with van der Waals surface area (Å²) in [6, 6.07) is -1.05. The molecule has 0 bridgehead atoms. The lowest BCUT2D eigenvalue weighted by Gasteiger charge is -2.17. The predicted octanol–water partition coefficient (Wildman–Crippen LogP) is 1.67. The number of rotatable bonds is 8. The highest BCUT2D eigenvalue weighted by Crippen LogP contribution is 2.38. The van der Waals surface area contributed by atoms with E-state index in [1.165, 1.54) is 19.3 Å². The molecular formula is C16H31N3O3. The van der Waals surface area contributed by atoms with Crippen molar-refractivity contribution in [1.82, 2.24) is 16.0 Å². The van der Waals surface area contributed by atoms with Crippen molar-refractivity contribution in [3.05, 3.63) is 0 Å². The number of likely N-dealkylation sites (N-methyl/N-ethyl adjacent to an activating group) is 1. The van der Waals surface area contributed by atoms with E-state index in [4.69, 9.17) is 5.11 Å². The summed E-state index contributed by atoms with van der Waals surface area (Å²) in [4.78, 5) is 22.6. The normalized spacial score (nSPS) is 26.0. The van der Waals surface area contributed by atoms with Crippen LogP contribution in [0.3, 0.4) is 0 Å². The number of nitrogens with one attached hydrogen (secondary N) is 3. The Hall–Kier alpha value is -1.30. The molecule has 0 aliphatic heterocycles. The number of urea groups is 1. The molecule has 1 fully saturated rings. The summed E-state index contributed by atoms with van der Waals surface area (Å²) in [6.45, 7) is 7.51. The highest BCUT2D eigenvalue weighted by atomic mass is 16.4. The molecule has 0 aromatic carbocycles. The van der Waals surface area contributed by atoms with Crippen LogP contribution in [0.1, 0.15) is 40.0 Å². The fraction of sp³-hybridized carbons (Fsp3) is 0.875. The van der Waals surface area contributed by atoms with Crippen molar-refractivity contribution in [3.8, 4) is 0 Å². The third-order valence-electron chi connectivity index (χ3n) is 4.59. The first-order valence-electron chi connectivity index (χ1n) is 8.25. The van der Waals surface area contributed by atoms with Gasteiger partial charge in [0.25, 0.3) is 0 Å². The molecule has 1 aliphatic rings. The SMILES string of the molecule is CNC(CNC(=O)NCC1CC(CC(C)C)CC1C)C(=O)O. The molecule has 4 unspecified atom stereocenters. The fourth-order valence-electron chi connectivity index (χ4n) is 3.41. The van der Waals surface area contributed by atoms with Crippen molar-refractivity contribution >= 4 is 12.0 Å². The summed E-state index contributed by atoms with van der Waals surface area (Å²) in [6.07, 6.45) is 3.68. The van der Waals surface area contributed by atoms with Gasteiger partial charge in [0.05, 0.1) is 0 Å². The Balaban J connectivity index is 2.28. The van der Waals surface area contributed by atoms with E-state index in [1.54, 1.807) is 7.05 Å². The molecule has 4 N–H and O–H groups in total. The third-order valence-corrected chi connectivity index (χ3v) is 4.59. The van der Waals surface area contributed by atoms with Crippen LogP contribution < -0.4 is 16.0 Å².